The van der Waals surface area contributed by atoms with Crippen molar-refractivity contribution in [3.63, 3.8) is 0 Å². The topological polar surface area (TPSA) is 12.0 Å². The fourth-order valence-electron chi connectivity index (χ4n) is 2.76. The van der Waals surface area contributed by atoms with Gasteiger partial charge in [0.1, 0.15) is 0 Å². The third-order valence-electron chi connectivity index (χ3n) is 3.82. The van der Waals surface area contributed by atoms with Crippen LogP contribution in [0.1, 0.15) is 17.5 Å². The number of hydrogen-bond acceptors (Lipinski definition) is 1. The predicted octanol–water partition coefficient (Wildman–Crippen LogP) is 5.00. The van der Waals surface area contributed by atoms with Gasteiger partial charge < -0.3 is 5.32 Å². The minimum atomic E-state index is 0.980. The molecule has 0 fully saturated rings. The normalized spacial score (nSPS) is 18.0. The van der Waals surface area contributed by atoms with E-state index in [2.05, 4.69) is 71.8 Å². The second kappa shape index (κ2) is 4.97. The van der Waals surface area contributed by atoms with Gasteiger partial charge in [-0.3, -0.25) is 0 Å². The van der Waals surface area contributed by atoms with Crippen molar-refractivity contribution in [3.8, 4) is 0 Å². The first-order chi connectivity index (χ1) is 10.4. The van der Waals surface area contributed by atoms with E-state index in [0.29, 0.717) is 0 Å². The summed E-state index contributed by atoms with van der Waals surface area (Å²) in [6.07, 6.45) is 20.0. The molecule has 0 atom stereocenters. The largest absolute Gasteiger partial charge is 0.349 e. The molecule has 2 bridgehead atoms. The van der Waals surface area contributed by atoms with Crippen LogP contribution in [0.2, 0.25) is 0 Å². The molecule has 0 saturated carbocycles. The van der Waals surface area contributed by atoms with Crippen LogP contribution in [0, 0.1) is 0 Å². The first-order valence-corrected chi connectivity index (χ1v) is 7.21. The number of rotatable bonds is 1. The van der Waals surface area contributed by atoms with Gasteiger partial charge >= 0.3 is 0 Å². The standard InChI is InChI=1S/C20H15N/c1-2-4-8-15(7-3-1)16-11-12-20-19(14-16)17-9-5-6-10-18(13-17)21-20/h1-3,5-12,14,21H,4H2. The average Bonchev–Trinajstić information content (AvgIpc) is 2.89. The zero-order chi connectivity index (χ0) is 14.1. The second-order valence-electron chi connectivity index (χ2n) is 5.24. The number of fused-ring (bicyclic) bond motifs is 2. The quantitative estimate of drug-likeness (QED) is 0.707. The fourth-order valence-corrected chi connectivity index (χ4v) is 2.76. The van der Waals surface area contributed by atoms with Gasteiger partial charge in [-0.25, -0.2) is 0 Å². The minimum Gasteiger partial charge on any atom is -0.349 e. The fraction of sp³-hybridized carbons (Fsp3) is 0.0500. The summed E-state index contributed by atoms with van der Waals surface area (Å²) in [4.78, 5) is 0. The van der Waals surface area contributed by atoms with Crippen molar-refractivity contribution in [2.24, 2.45) is 0 Å². The maximum absolute atomic E-state index is 3.42. The van der Waals surface area contributed by atoms with Crippen LogP contribution in [0.15, 0.2) is 84.3 Å². The Hall–Kier alpha value is -2.76. The molecule has 1 heterocycles. The van der Waals surface area contributed by atoms with Crippen LogP contribution in [0.4, 0.5) is 5.69 Å². The number of benzene rings is 1. The Kier molecular flexibility index (Phi) is 2.85. The molecular weight excluding hydrogens is 254 g/mol. The number of nitrogens with one attached hydrogen (secondary N) is 1. The lowest BCUT2D eigenvalue weighted by Crippen LogP contribution is -2.03. The summed E-state index contributed by atoms with van der Waals surface area (Å²) in [6.45, 7) is 0. The van der Waals surface area contributed by atoms with Crippen LogP contribution in [-0.4, -0.2) is 0 Å². The number of anilines is 1. The molecular formula is C20H15N. The molecule has 0 saturated heterocycles. The molecule has 1 heteroatoms. The third kappa shape index (κ3) is 2.24. The molecule has 0 aromatic heterocycles. The van der Waals surface area contributed by atoms with E-state index in [4.69, 9.17) is 0 Å². The number of allylic oxidation sites excluding steroid dienone is 10. The zero-order valence-electron chi connectivity index (χ0n) is 11.6. The van der Waals surface area contributed by atoms with Crippen molar-refractivity contribution in [1.29, 1.82) is 0 Å². The molecule has 3 aliphatic rings. The highest BCUT2D eigenvalue weighted by atomic mass is 14.9. The molecule has 1 aromatic rings. The third-order valence-corrected chi connectivity index (χ3v) is 3.82. The molecule has 0 radical (unpaired) electrons. The van der Waals surface area contributed by atoms with Gasteiger partial charge in [0.2, 0.25) is 0 Å². The Labute approximate surface area is 124 Å². The summed E-state index contributed by atoms with van der Waals surface area (Å²) in [7, 11) is 0. The van der Waals surface area contributed by atoms with Crippen molar-refractivity contribution in [2.45, 2.75) is 6.42 Å². The Morgan fingerprint density at radius 2 is 1.86 bits per heavy atom. The van der Waals surface area contributed by atoms with E-state index in [9.17, 15) is 0 Å². The van der Waals surface area contributed by atoms with E-state index in [-0.39, 0.29) is 0 Å². The van der Waals surface area contributed by atoms with Crippen LogP contribution in [0.3, 0.4) is 0 Å². The van der Waals surface area contributed by atoms with Crippen LogP contribution in [-0.2, 0) is 0 Å². The molecule has 0 unspecified atom stereocenters. The first-order valence-electron chi connectivity index (χ1n) is 7.21. The summed E-state index contributed by atoms with van der Waals surface area (Å²) in [5.41, 5.74) is 10.5. The van der Waals surface area contributed by atoms with Gasteiger partial charge in [0, 0.05) is 16.8 Å². The second-order valence-corrected chi connectivity index (χ2v) is 5.24. The van der Waals surface area contributed by atoms with Gasteiger partial charge in [-0.05, 0) is 41.8 Å². The lowest BCUT2D eigenvalue weighted by Gasteiger charge is -2.17. The molecule has 1 aliphatic heterocycles. The molecule has 1 aromatic carbocycles. The molecule has 4 rings (SSSR count). The summed E-state index contributed by atoms with van der Waals surface area (Å²) < 4.78 is 0. The summed E-state index contributed by atoms with van der Waals surface area (Å²) in [5.74, 6) is 0. The smallest absolute Gasteiger partial charge is 0.0824 e. The lowest BCUT2D eigenvalue weighted by molar-refractivity contribution is 1.39. The molecule has 1 nitrogen and oxygen atoms in total. The van der Waals surface area contributed by atoms with Crippen LogP contribution in [0.5, 0.6) is 0 Å². The maximum Gasteiger partial charge on any atom is 0.0824 e. The summed E-state index contributed by atoms with van der Waals surface area (Å²) in [6, 6.07) is 6.59. The summed E-state index contributed by atoms with van der Waals surface area (Å²) >= 11 is 0. The van der Waals surface area contributed by atoms with E-state index in [1.165, 1.54) is 16.7 Å². The van der Waals surface area contributed by atoms with E-state index >= 15 is 0 Å². The highest BCUT2D eigenvalue weighted by molar-refractivity contribution is 5.89. The molecule has 0 spiro atoms. The van der Waals surface area contributed by atoms with Crippen molar-refractivity contribution in [1.82, 2.24) is 0 Å². The van der Waals surface area contributed by atoms with Gasteiger partial charge in [-0.15, -0.1) is 0 Å². The Bertz CT molecular complexity index is 819. The van der Waals surface area contributed by atoms with E-state index in [0.717, 1.165) is 23.4 Å². The molecule has 100 valence electrons. The van der Waals surface area contributed by atoms with E-state index in [1.54, 1.807) is 0 Å². The van der Waals surface area contributed by atoms with Crippen molar-refractivity contribution >= 4 is 16.8 Å². The van der Waals surface area contributed by atoms with E-state index in [1.807, 2.05) is 12.2 Å². The Balaban J connectivity index is 1.82. The molecule has 21 heavy (non-hydrogen) atoms. The van der Waals surface area contributed by atoms with Crippen molar-refractivity contribution < 1.29 is 0 Å². The van der Waals surface area contributed by atoms with Crippen LogP contribution >= 0.6 is 0 Å². The zero-order valence-corrected chi connectivity index (χ0v) is 11.6. The minimum absolute atomic E-state index is 0.980. The SMILES string of the molecule is C1=C2C=CC=CC=1c1cc(C3=CCC=CC=C3)ccc1N2. The Morgan fingerprint density at radius 1 is 0.952 bits per heavy atom. The monoisotopic (exact) mass is 269 g/mol. The number of hydrogen-bond donors (Lipinski definition) is 1. The Morgan fingerprint density at radius 3 is 2.86 bits per heavy atom. The van der Waals surface area contributed by atoms with Crippen LogP contribution in [0.25, 0.3) is 11.1 Å². The van der Waals surface area contributed by atoms with Gasteiger partial charge in [0.05, 0.1) is 5.70 Å². The van der Waals surface area contributed by atoms with Crippen LogP contribution < -0.4 is 5.32 Å². The van der Waals surface area contributed by atoms with E-state index < -0.39 is 0 Å². The predicted molar refractivity (Wildman–Crippen MR) is 89.7 cm³/mol. The van der Waals surface area contributed by atoms with Gasteiger partial charge in [0.25, 0.3) is 0 Å². The van der Waals surface area contributed by atoms with Gasteiger partial charge in [-0.2, -0.15) is 0 Å². The molecule has 1 N–H and O–H groups in total. The highest BCUT2D eigenvalue weighted by Crippen LogP contribution is 2.33. The molecule has 2 aliphatic carbocycles. The van der Waals surface area contributed by atoms with Crippen molar-refractivity contribution in [3.05, 3.63) is 95.4 Å². The van der Waals surface area contributed by atoms with Gasteiger partial charge in [-0.1, -0.05) is 54.3 Å². The lowest BCUT2D eigenvalue weighted by atomic mass is 9.95. The maximum atomic E-state index is 3.42. The first kappa shape index (κ1) is 12.0. The summed E-state index contributed by atoms with van der Waals surface area (Å²) in [5, 5.41) is 3.42. The van der Waals surface area contributed by atoms with Crippen molar-refractivity contribution in [2.75, 3.05) is 5.32 Å². The van der Waals surface area contributed by atoms with Gasteiger partial charge in [0.15, 0.2) is 0 Å². The highest BCUT2D eigenvalue weighted by Gasteiger charge is 2.14. The molecule has 0 amide bonds. The average molecular weight is 269 g/mol.